The third-order valence-electron chi connectivity index (χ3n) is 14.6. The van der Waals surface area contributed by atoms with Crippen molar-refractivity contribution in [3.8, 4) is 0 Å². The van der Waals surface area contributed by atoms with Gasteiger partial charge in [0.05, 0.1) is 25.4 Å². The van der Waals surface area contributed by atoms with Crippen molar-refractivity contribution in [2.45, 2.75) is 353 Å². The van der Waals surface area contributed by atoms with Gasteiger partial charge in [-0.15, -0.1) is 0 Å². The van der Waals surface area contributed by atoms with Crippen LogP contribution in [0.2, 0.25) is 0 Å². The average Bonchev–Trinajstić information content (AvgIpc) is 3.37. The first kappa shape index (κ1) is 69.1. The van der Waals surface area contributed by atoms with Crippen molar-refractivity contribution in [3.05, 3.63) is 36.5 Å². The lowest BCUT2D eigenvalue weighted by Crippen LogP contribution is -2.45. The molecular formula is C65H123NO5. The van der Waals surface area contributed by atoms with Gasteiger partial charge in [-0.1, -0.05) is 288 Å². The van der Waals surface area contributed by atoms with Crippen LogP contribution in [0, 0.1) is 0 Å². The van der Waals surface area contributed by atoms with Crippen LogP contribution in [-0.4, -0.2) is 47.4 Å². The normalized spacial score (nSPS) is 12.8. The zero-order valence-corrected chi connectivity index (χ0v) is 47.7. The maximum atomic E-state index is 12.4. The Hall–Kier alpha value is -1.92. The Bertz CT molecular complexity index is 1150. The lowest BCUT2D eigenvalue weighted by atomic mass is 10.0. The van der Waals surface area contributed by atoms with Crippen LogP contribution in [0.5, 0.6) is 0 Å². The molecule has 3 N–H and O–H groups in total. The van der Waals surface area contributed by atoms with Crippen molar-refractivity contribution in [1.29, 1.82) is 0 Å². The highest BCUT2D eigenvalue weighted by Gasteiger charge is 2.20. The molecule has 0 aromatic heterocycles. The number of aliphatic hydroxyl groups excluding tert-OH is 2. The summed E-state index contributed by atoms with van der Waals surface area (Å²) in [5.41, 5.74) is 0. The molecule has 0 aliphatic heterocycles. The quantitative estimate of drug-likeness (QED) is 0.0321. The molecule has 0 bridgehead atoms. The molecular weight excluding hydrogens is 875 g/mol. The van der Waals surface area contributed by atoms with Crippen LogP contribution in [-0.2, 0) is 14.3 Å². The fourth-order valence-corrected chi connectivity index (χ4v) is 9.79. The zero-order valence-electron chi connectivity index (χ0n) is 47.7. The Morgan fingerprint density at radius 1 is 0.394 bits per heavy atom. The summed E-state index contributed by atoms with van der Waals surface area (Å²) in [6.07, 6.45) is 76.0. The summed E-state index contributed by atoms with van der Waals surface area (Å²) in [6, 6.07) is -0.539. The molecule has 0 rings (SSSR count). The van der Waals surface area contributed by atoms with Crippen molar-refractivity contribution < 1.29 is 24.5 Å². The molecule has 0 aromatic rings. The molecule has 2 atom stereocenters. The van der Waals surface area contributed by atoms with E-state index in [1.165, 1.54) is 257 Å². The van der Waals surface area contributed by atoms with Crippen molar-refractivity contribution >= 4 is 11.9 Å². The lowest BCUT2D eigenvalue weighted by Gasteiger charge is -2.22. The Morgan fingerprint density at radius 2 is 0.732 bits per heavy atom. The van der Waals surface area contributed by atoms with Crippen molar-refractivity contribution in [1.82, 2.24) is 5.32 Å². The topological polar surface area (TPSA) is 95.9 Å². The molecule has 0 saturated carbocycles. The molecule has 0 aliphatic carbocycles. The summed E-state index contributed by atoms with van der Waals surface area (Å²) in [5, 5.41) is 23.2. The number of nitrogens with one attached hydrogen (secondary N) is 1. The third-order valence-corrected chi connectivity index (χ3v) is 14.6. The molecule has 418 valence electrons. The zero-order chi connectivity index (χ0) is 51.4. The van der Waals surface area contributed by atoms with E-state index >= 15 is 0 Å². The number of ether oxygens (including phenoxy) is 1. The Kier molecular flexibility index (Phi) is 59.0. The standard InChI is InChI=1S/C65H123NO5/c1-3-5-7-9-11-13-15-34-39-43-47-51-55-59-65(70)71-60-56-52-48-44-40-36-33-31-29-27-25-23-21-19-17-16-18-20-22-24-26-28-30-32-35-38-42-46-50-54-58-64(69)66-62(61-67)63(68)57-53-49-45-41-37-14-12-10-8-6-4-2/h7,9,13,15,17,19,62-63,67-68H,3-6,8,10-12,14,16,18,20-61H2,1-2H3,(H,66,69)/b9-7-,15-13-,19-17-. The van der Waals surface area contributed by atoms with Crippen LogP contribution in [0.15, 0.2) is 36.5 Å². The highest BCUT2D eigenvalue weighted by molar-refractivity contribution is 5.76. The number of rotatable bonds is 59. The molecule has 6 heteroatoms. The molecule has 71 heavy (non-hydrogen) atoms. The molecule has 6 nitrogen and oxygen atoms in total. The summed E-state index contributed by atoms with van der Waals surface area (Å²) in [4.78, 5) is 24.5. The number of aliphatic hydroxyl groups is 2. The van der Waals surface area contributed by atoms with Crippen LogP contribution in [0.1, 0.15) is 341 Å². The maximum absolute atomic E-state index is 12.4. The van der Waals surface area contributed by atoms with Crippen LogP contribution in [0.4, 0.5) is 0 Å². The lowest BCUT2D eigenvalue weighted by molar-refractivity contribution is -0.143. The largest absolute Gasteiger partial charge is 0.466 e. The van der Waals surface area contributed by atoms with Crippen LogP contribution in [0.3, 0.4) is 0 Å². The van der Waals surface area contributed by atoms with E-state index in [2.05, 4.69) is 55.6 Å². The van der Waals surface area contributed by atoms with Gasteiger partial charge in [0.1, 0.15) is 0 Å². The predicted octanol–water partition coefficient (Wildman–Crippen LogP) is 20.0. The molecule has 1 amide bonds. The second kappa shape index (κ2) is 60.6. The van der Waals surface area contributed by atoms with Crippen molar-refractivity contribution in [3.63, 3.8) is 0 Å². The van der Waals surface area contributed by atoms with Gasteiger partial charge < -0.3 is 20.3 Å². The molecule has 0 heterocycles. The number of amides is 1. The summed E-state index contributed by atoms with van der Waals surface area (Å²) in [5.74, 6) is -0.0321. The number of carbonyl (C=O) groups excluding carboxylic acids is 2. The molecule has 0 spiro atoms. The van der Waals surface area contributed by atoms with Crippen molar-refractivity contribution in [2.24, 2.45) is 0 Å². The van der Waals surface area contributed by atoms with E-state index < -0.39 is 12.1 Å². The van der Waals surface area contributed by atoms with Crippen LogP contribution < -0.4 is 5.32 Å². The summed E-state index contributed by atoms with van der Waals surface area (Å²) in [6.45, 7) is 4.89. The molecule has 0 aromatic carbocycles. The minimum absolute atomic E-state index is 0.00159. The highest BCUT2D eigenvalue weighted by Crippen LogP contribution is 2.18. The Balaban J connectivity index is 3.35. The number of hydrogen-bond acceptors (Lipinski definition) is 5. The van der Waals surface area contributed by atoms with Gasteiger partial charge in [-0.25, -0.2) is 0 Å². The first-order valence-corrected chi connectivity index (χ1v) is 31.7. The fourth-order valence-electron chi connectivity index (χ4n) is 9.79. The first-order valence-electron chi connectivity index (χ1n) is 31.7. The second-order valence-corrected chi connectivity index (χ2v) is 21.7. The van der Waals surface area contributed by atoms with Crippen LogP contribution >= 0.6 is 0 Å². The smallest absolute Gasteiger partial charge is 0.305 e. The Morgan fingerprint density at radius 3 is 1.14 bits per heavy atom. The van der Waals surface area contributed by atoms with Crippen molar-refractivity contribution in [2.75, 3.05) is 13.2 Å². The summed E-state index contributed by atoms with van der Waals surface area (Å²) in [7, 11) is 0. The highest BCUT2D eigenvalue weighted by atomic mass is 16.5. The number of hydrogen-bond donors (Lipinski definition) is 3. The SMILES string of the molecule is CCC/C=C\C/C=C\CCCCCCCC(=O)OCCCCCCCCCCCCCC/C=C\CCCCCCCCCCCCCCCCC(=O)NC(CO)C(O)CCCCCCCCCCCCC. The number of esters is 1. The molecule has 0 radical (unpaired) electrons. The van der Waals surface area contributed by atoms with E-state index in [4.69, 9.17) is 4.74 Å². The van der Waals surface area contributed by atoms with E-state index in [1.807, 2.05) is 0 Å². The summed E-state index contributed by atoms with van der Waals surface area (Å²) < 4.78 is 5.47. The minimum atomic E-state index is -0.661. The van der Waals surface area contributed by atoms with Gasteiger partial charge in [0.25, 0.3) is 0 Å². The van der Waals surface area contributed by atoms with E-state index in [1.54, 1.807) is 0 Å². The van der Waals surface area contributed by atoms with Gasteiger partial charge in [-0.3, -0.25) is 9.59 Å². The third kappa shape index (κ3) is 57.2. The van der Waals surface area contributed by atoms with Gasteiger partial charge in [0.15, 0.2) is 0 Å². The van der Waals surface area contributed by atoms with Gasteiger partial charge in [0.2, 0.25) is 5.91 Å². The second-order valence-electron chi connectivity index (χ2n) is 21.7. The first-order chi connectivity index (χ1) is 35.0. The van der Waals surface area contributed by atoms with E-state index in [0.29, 0.717) is 25.9 Å². The number of carbonyl (C=O) groups is 2. The van der Waals surface area contributed by atoms with Gasteiger partial charge in [0, 0.05) is 12.8 Å². The predicted molar refractivity (Wildman–Crippen MR) is 310 cm³/mol. The fraction of sp³-hybridized carbons (Fsp3) is 0.877. The molecule has 0 saturated heterocycles. The van der Waals surface area contributed by atoms with E-state index in [9.17, 15) is 19.8 Å². The number of unbranched alkanes of at least 4 members (excludes halogenated alkanes) is 42. The summed E-state index contributed by atoms with van der Waals surface area (Å²) >= 11 is 0. The van der Waals surface area contributed by atoms with E-state index in [-0.39, 0.29) is 18.5 Å². The van der Waals surface area contributed by atoms with E-state index in [0.717, 1.165) is 51.4 Å². The molecule has 0 aliphatic rings. The Labute approximate surface area is 443 Å². The average molecular weight is 999 g/mol. The van der Waals surface area contributed by atoms with Gasteiger partial charge >= 0.3 is 5.97 Å². The van der Waals surface area contributed by atoms with Gasteiger partial charge in [-0.2, -0.15) is 0 Å². The molecule has 2 unspecified atom stereocenters. The monoisotopic (exact) mass is 998 g/mol. The maximum Gasteiger partial charge on any atom is 0.305 e. The number of allylic oxidation sites excluding steroid dienone is 6. The van der Waals surface area contributed by atoms with Gasteiger partial charge in [-0.05, 0) is 77.0 Å². The van der Waals surface area contributed by atoms with Crippen LogP contribution in [0.25, 0.3) is 0 Å². The minimum Gasteiger partial charge on any atom is -0.466 e. The molecule has 0 fully saturated rings.